The van der Waals surface area contributed by atoms with Gasteiger partial charge in [0.2, 0.25) is 0 Å². The number of phenolic OH excluding ortho intramolecular Hbond substituents is 1. The van der Waals surface area contributed by atoms with Crippen molar-refractivity contribution in [2.24, 2.45) is 0 Å². The number of hydrogen-bond donors (Lipinski definition) is 1. The van der Waals surface area contributed by atoms with Crippen molar-refractivity contribution in [3.05, 3.63) is 58.7 Å². The van der Waals surface area contributed by atoms with Gasteiger partial charge in [-0.25, -0.2) is 0 Å². The van der Waals surface area contributed by atoms with Gasteiger partial charge in [0.1, 0.15) is 11.5 Å². The molecule has 25 heavy (non-hydrogen) atoms. The highest BCUT2D eigenvalue weighted by Gasteiger charge is 2.28. The number of benzene rings is 2. The van der Waals surface area contributed by atoms with Crippen molar-refractivity contribution < 1.29 is 14.6 Å². The molecule has 0 bridgehead atoms. The molecule has 0 fully saturated rings. The molecule has 0 amide bonds. The van der Waals surface area contributed by atoms with Gasteiger partial charge in [-0.2, -0.15) is 0 Å². The van der Waals surface area contributed by atoms with Crippen LogP contribution in [0.4, 0.5) is 0 Å². The van der Waals surface area contributed by atoms with Crippen molar-refractivity contribution in [1.82, 2.24) is 0 Å². The van der Waals surface area contributed by atoms with Crippen molar-refractivity contribution in [1.29, 1.82) is 0 Å². The van der Waals surface area contributed by atoms with Crippen LogP contribution in [0.15, 0.2) is 36.4 Å². The van der Waals surface area contributed by atoms with E-state index in [1.165, 1.54) is 0 Å². The van der Waals surface area contributed by atoms with E-state index in [1.54, 1.807) is 31.4 Å². The largest absolute Gasteiger partial charge is 0.507 e. The Morgan fingerprint density at radius 2 is 1.40 bits per heavy atom. The van der Waals surface area contributed by atoms with E-state index >= 15 is 0 Å². The van der Waals surface area contributed by atoms with Crippen LogP contribution in [0, 0.1) is 0 Å². The number of ether oxygens (including phenoxy) is 1. The number of aromatic hydroxyl groups is 1. The summed E-state index contributed by atoms with van der Waals surface area (Å²) < 4.78 is 5.34. The first-order chi connectivity index (χ1) is 11.5. The van der Waals surface area contributed by atoms with Gasteiger partial charge in [0.25, 0.3) is 0 Å². The van der Waals surface area contributed by atoms with Gasteiger partial charge >= 0.3 is 0 Å². The molecule has 3 heteroatoms. The van der Waals surface area contributed by atoms with Crippen LogP contribution < -0.4 is 4.74 Å². The Morgan fingerprint density at radius 1 is 0.920 bits per heavy atom. The SMILES string of the molecule is COc1ccccc1C(=O)c1cc(C(C)(C)C)c(O)c(C(C)(C)C)c1. The third-order valence-electron chi connectivity index (χ3n) is 4.34. The third kappa shape index (κ3) is 3.87. The zero-order chi connectivity index (χ0) is 19.0. The van der Waals surface area contributed by atoms with E-state index in [4.69, 9.17) is 4.74 Å². The third-order valence-corrected chi connectivity index (χ3v) is 4.34. The minimum absolute atomic E-state index is 0.103. The van der Waals surface area contributed by atoms with E-state index in [1.807, 2.05) is 53.7 Å². The minimum Gasteiger partial charge on any atom is -0.507 e. The molecule has 134 valence electrons. The molecule has 2 aromatic carbocycles. The Bertz CT molecular complexity index is 755. The summed E-state index contributed by atoms with van der Waals surface area (Å²) in [5, 5.41) is 10.8. The van der Waals surface area contributed by atoms with Crippen LogP contribution >= 0.6 is 0 Å². The second kappa shape index (κ2) is 6.55. The maximum Gasteiger partial charge on any atom is 0.196 e. The molecule has 0 atom stereocenters. The lowest BCUT2D eigenvalue weighted by Crippen LogP contribution is -2.19. The molecular formula is C22H28O3. The predicted molar refractivity (Wildman–Crippen MR) is 102 cm³/mol. The molecule has 1 N–H and O–H groups in total. The maximum absolute atomic E-state index is 13.1. The molecular weight excluding hydrogens is 312 g/mol. The van der Waals surface area contributed by atoms with Gasteiger partial charge in [0.05, 0.1) is 12.7 Å². The molecule has 0 aliphatic heterocycles. The Hall–Kier alpha value is -2.29. The monoisotopic (exact) mass is 340 g/mol. The van der Waals surface area contributed by atoms with Crippen LogP contribution in [-0.2, 0) is 10.8 Å². The number of phenols is 1. The highest BCUT2D eigenvalue weighted by atomic mass is 16.5. The van der Waals surface area contributed by atoms with Gasteiger partial charge in [-0.15, -0.1) is 0 Å². The van der Waals surface area contributed by atoms with Crippen LogP contribution in [0.1, 0.15) is 68.6 Å². The molecule has 2 aromatic rings. The summed E-state index contributed by atoms with van der Waals surface area (Å²) in [6.07, 6.45) is 0. The number of para-hydroxylation sites is 1. The molecule has 0 aliphatic carbocycles. The Morgan fingerprint density at radius 3 is 1.84 bits per heavy atom. The highest BCUT2D eigenvalue weighted by Crippen LogP contribution is 2.40. The van der Waals surface area contributed by atoms with E-state index in [9.17, 15) is 9.90 Å². The van der Waals surface area contributed by atoms with Crippen molar-refractivity contribution in [3.63, 3.8) is 0 Å². The summed E-state index contributed by atoms with van der Waals surface area (Å²) in [7, 11) is 1.56. The van der Waals surface area contributed by atoms with Crippen LogP contribution in [0.2, 0.25) is 0 Å². The topological polar surface area (TPSA) is 46.5 Å². The van der Waals surface area contributed by atoms with Crippen LogP contribution in [0.25, 0.3) is 0 Å². The van der Waals surface area contributed by atoms with E-state index < -0.39 is 0 Å². The fourth-order valence-electron chi connectivity index (χ4n) is 2.90. The van der Waals surface area contributed by atoms with E-state index in [-0.39, 0.29) is 22.4 Å². The zero-order valence-electron chi connectivity index (χ0n) is 16.2. The fourth-order valence-corrected chi connectivity index (χ4v) is 2.90. The number of carbonyl (C=O) groups is 1. The molecule has 0 saturated carbocycles. The van der Waals surface area contributed by atoms with Gasteiger partial charge in [-0.3, -0.25) is 4.79 Å². The van der Waals surface area contributed by atoms with Gasteiger partial charge in [-0.05, 0) is 35.1 Å². The lowest BCUT2D eigenvalue weighted by atomic mass is 9.77. The van der Waals surface area contributed by atoms with Gasteiger partial charge in [-0.1, -0.05) is 53.7 Å². The van der Waals surface area contributed by atoms with Crippen LogP contribution in [0.5, 0.6) is 11.5 Å². The van der Waals surface area contributed by atoms with Crippen molar-refractivity contribution in [2.75, 3.05) is 7.11 Å². The molecule has 2 rings (SSSR count). The van der Waals surface area contributed by atoms with Crippen molar-refractivity contribution in [3.8, 4) is 11.5 Å². The van der Waals surface area contributed by atoms with Gasteiger partial charge in [0, 0.05) is 16.7 Å². The van der Waals surface area contributed by atoms with Gasteiger partial charge < -0.3 is 9.84 Å². The highest BCUT2D eigenvalue weighted by molar-refractivity contribution is 6.11. The lowest BCUT2D eigenvalue weighted by molar-refractivity contribution is 0.103. The first kappa shape index (κ1) is 19.0. The number of ketones is 1. The second-order valence-corrected chi connectivity index (χ2v) is 8.45. The molecule has 0 radical (unpaired) electrons. The number of rotatable bonds is 3. The van der Waals surface area contributed by atoms with Crippen LogP contribution in [0.3, 0.4) is 0 Å². The normalized spacial score (nSPS) is 12.1. The van der Waals surface area contributed by atoms with Crippen LogP contribution in [-0.4, -0.2) is 18.0 Å². The number of methoxy groups -OCH3 is 1. The zero-order valence-corrected chi connectivity index (χ0v) is 16.2. The van der Waals surface area contributed by atoms with Crippen molar-refractivity contribution in [2.45, 2.75) is 52.4 Å². The Labute approximate surface area is 150 Å². The Balaban J connectivity index is 2.71. The van der Waals surface area contributed by atoms with E-state index in [0.717, 1.165) is 11.1 Å². The molecule has 3 nitrogen and oxygen atoms in total. The molecule has 0 aliphatic rings. The lowest BCUT2D eigenvalue weighted by Gasteiger charge is -2.28. The first-order valence-corrected chi connectivity index (χ1v) is 8.52. The maximum atomic E-state index is 13.1. The summed E-state index contributed by atoms with van der Waals surface area (Å²) in [5.41, 5.74) is 2.09. The summed E-state index contributed by atoms with van der Waals surface area (Å²) in [4.78, 5) is 13.1. The standard InChI is InChI=1S/C22H28O3/c1-21(2,3)16-12-14(13-17(20(16)24)22(4,5)6)19(23)15-10-8-9-11-18(15)25-7/h8-13,24H,1-7H3. The second-order valence-electron chi connectivity index (χ2n) is 8.45. The molecule has 0 saturated heterocycles. The average molecular weight is 340 g/mol. The summed E-state index contributed by atoms with van der Waals surface area (Å²) in [6.45, 7) is 12.2. The summed E-state index contributed by atoms with van der Waals surface area (Å²) >= 11 is 0. The van der Waals surface area contributed by atoms with Gasteiger partial charge in [0.15, 0.2) is 5.78 Å². The molecule has 0 heterocycles. The predicted octanol–water partition coefficient (Wildman–Crippen LogP) is 5.23. The fraction of sp³-hybridized carbons (Fsp3) is 0.409. The number of hydrogen-bond acceptors (Lipinski definition) is 3. The average Bonchev–Trinajstić information content (AvgIpc) is 2.52. The van der Waals surface area contributed by atoms with E-state index in [2.05, 4.69) is 0 Å². The molecule has 0 unspecified atom stereocenters. The van der Waals surface area contributed by atoms with E-state index in [0.29, 0.717) is 16.9 Å². The minimum atomic E-state index is -0.277. The quantitative estimate of drug-likeness (QED) is 0.779. The molecule has 0 aromatic heterocycles. The van der Waals surface area contributed by atoms with Crippen molar-refractivity contribution >= 4 is 5.78 Å². The molecule has 0 spiro atoms. The first-order valence-electron chi connectivity index (χ1n) is 8.52. The Kier molecular flexibility index (Phi) is 4.99. The smallest absolute Gasteiger partial charge is 0.196 e. The summed E-state index contributed by atoms with van der Waals surface area (Å²) in [6, 6.07) is 10.8. The number of carbonyl (C=O) groups excluding carboxylic acids is 1. The summed E-state index contributed by atoms with van der Waals surface area (Å²) in [5.74, 6) is 0.722.